The van der Waals surface area contributed by atoms with Crippen molar-refractivity contribution in [2.24, 2.45) is 5.84 Å². The highest BCUT2D eigenvalue weighted by Gasteiger charge is 2.22. The monoisotopic (exact) mass is 437 g/mol. The average molecular weight is 438 g/mol. The van der Waals surface area contributed by atoms with Crippen LogP contribution in [-0.2, 0) is 0 Å². The van der Waals surface area contributed by atoms with Crippen LogP contribution < -0.4 is 11.3 Å². The summed E-state index contributed by atoms with van der Waals surface area (Å²) < 4.78 is 1.61. The Morgan fingerprint density at radius 2 is 2.00 bits per heavy atom. The molecule has 0 aliphatic carbocycles. The van der Waals surface area contributed by atoms with E-state index in [1.54, 1.807) is 29.8 Å². The summed E-state index contributed by atoms with van der Waals surface area (Å²) in [7, 11) is 0. The summed E-state index contributed by atoms with van der Waals surface area (Å²) in [5.74, 6) is 10.8. The maximum atomic E-state index is 12.2. The lowest BCUT2D eigenvalue weighted by atomic mass is 10.0. The van der Waals surface area contributed by atoms with Crippen LogP contribution in [-0.4, -0.2) is 22.2 Å². The molecular weight excluding hydrogens is 421 g/mol. The van der Waals surface area contributed by atoms with Gasteiger partial charge < -0.3 is 4.85 Å². The number of nitrogen functional groups attached to an aromatic ring is 1. The van der Waals surface area contributed by atoms with E-state index in [-0.39, 0.29) is 5.69 Å². The molecule has 1 heterocycles. The molecule has 0 radical (unpaired) electrons. The molecule has 0 bridgehead atoms. The van der Waals surface area contributed by atoms with Gasteiger partial charge in [-0.3, -0.25) is 10.2 Å². The third kappa shape index (κ3) is 4.48. The highest BCUT2D eigenvalue weighted by molar-refractivity contribution is 6.35. The van der Waals surface area contributed by atoms with Gasteiger partial charge in [0.2, 0.25) is 6.54 Å². The summed E-state index contributed by atoms with van der Waals surface area (Å²) in [5, 5.41) is 5.34. The highest BCUT2D eigenvalue weighted by Crippen LogP contribution is 2.32. The molecule has 0 saturated heterocycles. The van der Waals surface area contributed by atoms with E-state index < -0.39 is 5.91 Å². The average Bonchev–Trinajstić information content (AvgIpc) is 3.08. The fourth-order valence-corrected chi connectivity index (χ4v) is 3.42. The number of rotatable bonds is 4. The molecule has 1 aromatic heterocycles. The van der Waals surface area contributed by atoms with Crippen LogP contribution in [0.5, 0.6) is 0 Å². The zero-order valence-corrected chi connectivity index (χ0v) is 17.6. The van der Waals surface area contributed by atoms with E-state index in [2.05, 4.69) is 27.2 Å². The summed E-state index contributed by atoms with van der Waals surface area (Å²) in [6, 6.07) is 12.6. The minimum atomic E-state index is -0.500. The molecule has 150 valence electrons. The van der Waals surface area contributed by atoms with E-state index >= 15 is 0 Å². The number of nitrogens with zero attached hydrogens (tertiary/aromatic N) is 3. The molecule has 0 aliphatic rings. The minimum Gasteiger partial charge on any atom is -0.316 e. The number of benzene rings is 2. The molecule has 1 amide bonds. The van der Waals surface area contributed by atoms with Gasteiger partial charge in [0.05, 0.1) is 22.8 Å². The van der Waals surface area contributed by atoms with Crippen molar-refractivity contribution in [2.75, 3.05) is 6.54 Å². The van der Waals surface area contributed by atoms with E-state index in [1.165, 1.54) is 0 Å². The molecule has 0 unspecified atom stereocenters. The zero-order chi connectivity index (χ0) is 21.7. The zero-order valence-electron chi connectivity index (χ0n) is 16.0. The number of carbonyl (C=O) groups is 1. The Morgan fingerprint density at radius 3 is 2.63 bits per heavy atom. The van der Waals surface area contributed by atoms with Crippen molar-refractivity contribution in [3.05, 3.63) is 80.7 Å². The van der Waals surface area contributed by atoms with Gasteiger partial charge in [-0.25, -0.2) is 17.1 Å². The second-order valence-electron chi connectivity index (χ2n) is 6.31. The van der Waals surface area contributed by atoms with E-state index in [4.69, 9.17) is 35.6 Å². The van der Waals surface area contributed by atoms with Crippen LogP contribution in [0.15, 0.2) is 42.5 Å². The molecular formula is C22H17Cl2N5O. The van der Waals surface area contributed by atoms with Crippen LogP contribution in [0.4, 0.5) is 0 Å². The number of hydrazine groups is 1. The predicted molar refractivity (Wildman–Crippen MR) is 118 cm³/mol. The van der Waals surface area contributed by atoms with E-state index in [0.29, 0.717) is 40.0 Å². The summed E-state index contributed by atoms with van der Waals surface area (Å²) in [6.45, 7) is 8.97. The topological polar surface area (TPSA) is 77.3 Å². The fourth-order valence-electron chi connectivity index (χ4n) is 2.93. The Balaban J connectivity index is 2.11. The third-order valence-electron chi connectivity index (χ3n) is 4.35. The van der Waals surface area contributed by atoms with Gasteiger partial charge in [-0.2, -0.15) is 5.10 Å². The second-order valence-corrected chi connectivity index (χ2v) is 7.16. The van der Waals surface area contributed by atoms with Gasteiger partial charge in [-0.05, 0) is 37.3 Å². The lowest BCUT2D eigenvalue weighted by Gasteiger charge is -2.11. The molecule has 0 aliphatic heterocycles. The molecule has 2 aromatic carbocycles. The maximum Gasteiger partial charge on any atom is 0.285 e. The van der Waals surface area contributed by atoms with Crippen LogP contribution in [0.3, 0.4) is 0 Å². The Morgan fingerprint density at radius 1 is 1.27 bits per heavy atom. The molecule has 3 aromatic rings. The molecule has 0 saturated carbocycles. The normalized spacial score (nSPS) is 10.1. The fraction of sp³-hybridized carbons (Fsp3) is 0.136. The molecule has 3 rings (SSSR count). The first-order chi connectivity index (χ1) is 14.5. The first kappa shape index (κ1) is 21.4. The molecule has 0 spiro atoms. The van der Waals surface area contributed by atoms with Crippen LogP contribution in [0.1, 0.15) is 28.0 Å². The van der Waals surface area contributed by atoms with Crippen molar-refractivity contribution >= 4 is 29.1 Å². The lowest BCUT2D eigenvalue weighted by Crippen LogP contribution is -2.30. The second kappa shape index (κ2) is 9.47. The number of aromatic nitrogens is 2. The Bertz CT molecular complexity index is 1200. The van der Waals surface area contributed by atoms with Gasteiger partial charge >= 0.3 is 0 Å². The summed E-state index contributed by atoms with van der Waals surface area (Å²) in [6.07, 6.45) is 0.532. The third-order valence-corrected chi connectivity index (χ3v) is 4.88. The first-order valence-electron chi connectivity index (χ1n) is 8.94. The van der Waals surface area contributed by atoms with Crippen LogP contribution >= 0.6 is 23.2 Å². The van der Waals surface area contributed by atoms with Gasteiger partial charge in [0.15, 0.2) is 5.69 Å². The predicted octanol–water partition coefficient (Wildman–Crippen LogP) is 4.42. The van der Waals surface area contributed by atoms with E-state index in [9.17, 15) is 4.79 Å². The molecule has 30 heavy (non-hydrogen) atoms. The van der Waals surface area contributed by atoms with E-state index in [1.807, 2.05) is 24.3 Å². The molecule has 3 N–H and O–H groups in total. The van der Waals surface area contributed by atoms with Gasteiger partial charge in [0.25, 0.3) is 5.91 Å². The smallest absolute Gasteiger partial charge is 0.285 e. The van der Waals surface area contributed by atoms with Gasteiger partial charge in [0, 0.05) is 21.7 Å². The number of hydrogen-bond donors (Lipinski definition) is 2. The van der Waals surface area contributed by atoms with Gasteiger partial charge in [-0.15, -0.1) is 0 Å². The van der Waals surface area contributed by atoms with Crippen molar-refractivity contribution in [1.29, 1.82) is 0 Å². The van der Waals surface area contributed by atoms with Crippen LogP contribution in [0.25, 0.3) is 21.8 Å². The summed E-state index contributed by atoms with van der Waals surface area (Å²) >= 11 is 12.4. The quantitative estimate of drug-likeness (QED) is 0.158. The molecule has 0 fully saturated rings. The first-order valence-corrected chi connectivity index (χ1v) is 9.70. The van der Waals surface area contributed by atoms with Gasteiger partial charge in [-0.1, -0.05) is 47.2 Å². The number of amides is 1. The number of nitrogens with one attached hydrogen (secondary N) is 1. The van der Waals surface area contributed by atoms with Crippen LogP contribution in [0.2, 0.25) is 10.0 Å². The van der Waals surface area contributed by atoms with Crippen molar-refractivity contribution in [3.8, 4) is 28.8 Å². The highest BCUT2D eigenvalue weighted by atomic mass is 35.5. The molecule has 0 atom stereocenters. The maximum absolute atomic E-state index is 12.2. The SMILES string of the molecule is [C-]#[N+]CCC#Cc1ccc(-c2c(C)c(C(=O)NN)nn2-c2ccc(Cl)cc2Cl)cc1. The van der Waals surface area contributed by atoms with Crippen molar-refractivity contribution in [3.63, 3.8) is 0 Å². The molecule has 6 nitrogen and oxygen atoms in total. The number of hydrogen-bond acceptors (Lipinski definition) is 3. The van der Waals surface area contributed by atoms with E-state index in [0.717, 1.165) is 11.1 Å². The number of nitrogens with two attached hydrogens (primary N) is 1. The summed E-state index contributed by atoms with van der Waals surface area (Å²) in [5.41, 5.74) is 5.91. The standard InChI is InChI=1S/C22H17Cl2N5O/c1-14-20(22(30)27-25)28-29(19-11-10-17(23)13-18(19)24)21(14)16-8-6-15(7-9-16)5-3-4-12-26-2/h6-11,13H,4,12,25H2,1H3,(H,27,30). The van der Waals surface area contributed by atoms with Crippen molar-refractivity contribution < 1.29 is 4.79 Å². The largest absolute Gasteiger partial charge is 0.316 e. The van der Waals surface area contributed by atoms with Crippen molar-refractivity contribution in [1.82, 2.24) is 15.2 Å². The molecule has 8 heteroatoms. The van der Waals surface area contributed by atoms with Crippen molar-refractivity contribution in [2.45, 2.75) is 13.3 Å². The minimum absolute atomic E-state index is 0.196. The Labute approximate surface area is 184 Å². The Hall–Kier alpha value is -3.29. The summed E-state index contributed by atoms with van der Waals surface area (Å²) in [4.78, 5) is 15.5. The van der Waals surface area contributed by atoms with Gasteiger partial charge in [0.1, 0.15) is 0 Å². The number of carbonyl (C=O) groups excluding carboxylic acids is 1. The van der Waals surface area contributed by atoms with Crippen LogP contribution in [0, 0.1) is 25.3 Å². The Kier molecular flexibility index (Phi) is 6.76. The lowest BCUT2D eigenvalue weighted by molar-refractivity contribution is 0.0947. The number of halogens is 2.